The molecular weight excluding hydrogens is 302 g/mol. The summed E-state index contributed by atoms with van der Waals surface area (Å²) in [5, 5.41) is 10.8. The van der Waals surface area contributed by atoms with Gasteiger partial charge in [-0.1, -0.05) is 12.1 Å². The molecule has 23 heavy (non-hydrogen) atoms. The highest BCUT2D eigenvalue weighted by Gasteiger charge is 1.98. The van der Waals surface area contributed by atoms with Crippen LogP contribution in [0.4, 0.5) is 4.79 Å². The first kappa shape index (κ1) is 19.2. The lowest BCUT2D eigenvalue weighted by Crippen LogP contribution is -2.23. The van der Waals surface area contributed by atoms with Crippen molar-refractivity contribution < 1.29 is 28.8 Å². The zero-order chi connectivity index (χ0) is 16.8. The summed E-state index contributed by atoms with van der Waals surface area (Å²) >= 11 is 0. The molecule has 0 unspecified atom stereocenters. The van der Waals surface area contributed by atoms with Crippen molar-refractivity contribution in [3.63, 3.8) is 0 Å². The predicted octanol–water partition coefficient (Wildman–Crippen LogP) is 1.56. The fourth-order valence-electron chi connectivity index (χ4n) is 1.75. The Morgan fingerprint density at radius 2 is 1.61 bits per heavy atom. The van der Waals surface area contributed by atoms with E-state index in [1.807, 2.05) is 24.3 Å². The molecule has 1 aromatic carbocycles. The maximum Gasteiger partial charge on any atom is 0.404 e. The van der Waals surface area contributed by atoms with E-state index in [1.54, 1.807) is 7.11 Å². The molecule has 0 radical (unpaired) electrons. The van der Waals surface area contributed by atoms with Crippen molar-refractivity contribution in [3.05, 3.63) is 29.8 Å². The van der Waals surface area contributed by atoms with Crippen LogP contribution in [0.2, 0.25) is 0 Å². The Balaban J connectivity index is 2.03. The van der Waals surface area contributed by atoms with Gasteiger partial charge in [0.2, 0.25) is 0 Å². The Labute approximate surface area is 136 Å². The topological polar surface area (TPSA) is 86.3 Å². The molecule has 7 nitrogen and oxygen atoms in total. The minimum absolute atomic E-state index is 0.399. The summed E-state index contributed by atoms with van der Waals surface area (Å²) in [6, 6.07) is 7.57. The van der Waals surface area contributed by atoms with Crippen molar-refractivity contribution in [2.24, 2.45) is 0 Å². The van der Waals surface area contributed by atoms with Crippen LogP contribution >= 0.6 is 0 Å². The Kier molecular flexibility index (Phi) is 10.6. The van der Waals surface area contributed by atoms with Gasteiger partial charge in [-0.05, 0) is 24.1 Å². The average molecular weight is 327 g/mol. The van der Waals surface area contributed by atoms with Gasteiger partial charge in [-0.15, -0.1) is 0 Å². The molecule has 2 N–H and O–H groups in total. The van der Waals surface area contributed by atoms with Gasteiger partial charge in [-0.2, -0.15) is 0 Å². The molecule has 0 fully saturated rings. The summed E-state index contributed by atoms with van der Waals surface area (Å²) < 4.78 is 21.1. The SMILES string of the molecule is COCCOCCOCCOc1ccc(CCNC(=O)O)cc1. The second-order valence-corrected chi connectivity index (χ2v) is 4.69. The highest BCUT2D eigenvalue weighted by atomic mass is 16.6. The van der Waals surface area contributed by atoms with E-state index in [9.17, 15) is 4.79 Å². The lowest BCUT2D eigenvalue weighted by Gasteiger charge is -2.08. The second kappa shape index (κ2) is 12.7. The molecule has 0 aliphatic carbocycles. The number of hydrogen-bond donors (Lipinski definition) is 2. The number of methoxy groups -OCH3 is 1. The van der Waals surface area contributed by atoms with Gasteiger partial charge >= 0.3 is 6.09 Å². The maximum atomic E-state index is 10.3. The molecule has 0 bridgehead atoms. The number of amides is 1. The minimum Gasteiger partial charge on any atom is -0.491 e. The van der Waals surface area contributed by atoms with E-state index in [1.165, 1.54) is 0 Å². The summed E-state index contributed by atoms with van der Waals surface area (Å²) in [6.45, 7) is 3.60. The molecule has 7 heteroatoms. The van der Waals surface area contributed by atoms with Gasteiger partial charge in [0.25, 0.3) is 0 Å². The third kappa shape index (κ3) is 10.5. The lowest BCUT2D eigenvalue weighted by molar-refractivity contribution is 0.0180. The molecule has 1 aromatic rings. The van der Waals surface area contributed by atoms with Crippen molar-refractivity contribution >= 4 is 6.09 Å². The van der Waals surface area contributed by atoms with Crippen molar-refractivity contribution in [1.82, 2.24) is 5.32 Å². The second-order valence-electron chi connectivity index (χ2n) is 4.69. The summed E-state index contributed by atoms with van der Waals surface area (Å²) in [4.78, 5) is 10.3. The monoisotopic (exact) mass is 327 g/mol. The minimum atomic E-state index is -1.01. The van der Waals surface area contributed by atoms with Gasteiger partial charge in [0.1, 0.15) is 12.4 Å². The van der Waals surface area contributed by atoms with Crippen LogP contribution in [0, 0.1) is 0 Å². The van der Waals surface area contributed by atoms with E-state index >= 15 is 0 Å². The molecule has 0 atom stereocenters. The van der Waals surface area contributed by atoms with Crippen LogP contribution in [0.5, 0.6) is 5.75 Å². The van der Waals surface area contributed by atoms with Crippen LogP contribution in [0.25, 0.3) is 0 Å². The largest absolute Gasteiger partial charge is 0.491 e. The number of nitrogens with one attached hydrogen (secondary N) is 1. The van der Waals surface area contributed by atoms with E-state index in [0.29, 0.717) is 52.6 Å². The zero-order valence-corrected chi connectivity index (χ0v) is 13.5. The summed E-state index contributed by atoms with van der Waals surface area (Å²) in [7, 11) is 1.64. The van der Waals surface area contributed by atoms with Crippen LogP contribution in [0.3, 0.4) is 0 Å². The van der Waals surface area contributed by atoms with Gasteiger partial charge < -0.3 is 29.4 Å². The third-order valence-corrected chi connectivity index (χ3v) is 2.91. The fourth-order valence-corrected chi connectivity index (χ4v) is 1.75. The van der Waals surface area contributed by atoms with Crippen LogP contribution < -0.4 is 10.1 Å². The lowest BCUT2D eigenvalue weighted by atomic mass is 10.1. The first-order valence-corrected chi connectivity index (χ1v) is 7.55. The average Bonchev–Trinajstić information content (AvgIpc) is 2.54. The van der Waals surface area contributed by atoms with Gasteiger partial charge in [0, 0.05) is 13.7 Å². The van der Waals surface area contributed by atoms with Gasteiger partial charge in [0.15, 0.2) is 0 Å². The molecule has 0 aliphatic heterocycles. The van der Waals surface area contributed by atoms with Crippen LogP contribution in [-0.2, 0) is 20.6 Å². The quantitative estimate of drug-likeness (QED) is 0.535. The molecule has 1 amide bonds. The van der Waals surface area contributed by atoms with Crippen LogP contribution in [0.1, 0.15) is 5.56 Å². The Hall–Kier alpha value is -1.83. The van der Waals surface area contributed by atoms with Crippen molar-refractivity contribution in [2.45, 2.75) is 6.42 Å². The van der Waals surface area contributed by atoms with Crippen molar-refractivity contribution in [2.75, 3.05) is 53.3 Å². The highest BCUT2D eigenvalue weighted by Crippen LogP contribution is 2.12. The van der Waals surface area contributed by atoms with E-state index in [4.69, 9.17) is 24.1 Å². The molecule has 130 valence electrons. The molecule has 0 aliphatic rings. The van der Waals surface area contributed by atoms with E-state index < -0.39 is 6.09 Å². The number of benzene rings is 1. The number of carbonyl (C=O) groups is 1. The normalized spacial score (nSPS) is 10.5. The van der Waals surface area contributed by atoms with E-state index in [2.05, 4.69) is 5.32 Å². The van der Waals surface area contributed by atoms with E-state index in [0.717, 1.165) is 11.3 Å². The number of hydrogen-bond acceptors (Lipinski definition) is 5. The smallest absolute Gasteiger partial charge is 0.404 e. The fraction of sp³-hybridized carbons (Fsp3) is 0.562. The molecule has 1 rings (SSSR count). The zero-order valence-electron chi connectivity index (χ0n) is 13.5. The maximum absolute atomic E-state index is 10.3. The Morgan fingerprint density at radius 3 is 2.22 bits per heavy atom. The summed E-state index contributed by atoms with van der Waals surface area (Å²) in [5.74, 6) is 0.764. The third-order valence-electron chi connectivity index (χ3n) is 2.91. The first-order valence-electron chi connectivity index (χ1n) is 7.55. The molecule has 0 heterocycles. The van der Waals surface area contributed by atoms with Crippen LogP contribution in [0.15, 0.2) is 24.3 Å². The van der Waals surface area contributed by atoms with E-state index in [-0.39, 0.29) is 0 Å². The molecule has 0 spiro atoms. The van der Waals surface area contributed by atoms with Gasteiger partial charge in [-0.3, -0.25) is 0 Å². The number of carboxylic acid groups (broad SMARTS) is 1. The Bertz CT molecular complexity index is 423. The first-order chi connectivity index (χ1) is 11.2. The molecule has 0 saturated heterocycles. The molecular formula is C16H25NO6. The highest BCUT2D eigenvalue weighted by molar-refractivity contribution is 5.64. The number of ether oxygens (including phenoxy) is 4. The summed E-state index contributed by atoms with van der Waals surface area (Å²) in [5.41, 5.74) is 1.05. The van der Waals surface area contributed by atoms with Gasteiger partial charge in [0.05, 0.1) is 33.0 Å². The Morgan fingerprint density at radius 1 is 1.00 bits per heavy atom. The predicted molar refractivity (Wildman–Crippen MR) is 85.2 cm³/mol. The number of rotatable bonds is 13. The summed E-state index contributed by atoms with van der Waals surface area (Å²) in [6.07, 6.45) is -0.354. The molecule has 0 aromatic heterocycles. The molecule has 0 saturated carbocycles. The van der Waals surface area contributed by atoms with Crippen LogP contribution in [-0.4, -0.2) is 64.5 Å². The van der Waals surface area contributed by atoms with Crippen molar-refractivity contribution in [3.8, 4) is 5.75 Å². The van der Waals surface area contributed by atoms with Gasteiger partial charge in [-0.25, -0.2) is 4.79 Å². The van der Waals surface area contributed by atoms with Crippen molar-refractivity contribution in [1.29, 1.82) is 0 Å². The standard InChI is InChI=1S/C16H25NO6/c1-20-8-9-21-10-11-22-12-13-23-15-4-2-14(3-5-15)6-7-17-16(18)19/h2-5,17H,6-13H2,1H3,(H,18,19).